The van der Waals surface area contributed by atoms with Crippen molar-refractivity contribution in [3.05, 3.63) is 34.4 Å². The summed E-state index contributed by atoms with van der Waals surface area (Å²) in [6, 6.07) is 5.10. The molecule has 1 aliphatic carbocycles. The molecule has 1 saturated heterocycles. The van der Waals surface area contributed by atoms with Gasteiger partial charge in [0, 0.05) is 36.7 Å². The molecule has 1 aromatic rings. The molecule has 3 rings (SSSR count). The van der Waals surface area contributed by atoms with E-state index in [1.165, 1.54) is 28.6 Å². The van der Waals surface area contributed by atoms with Gasteiger partial charge in [0.15, 0.2) is 0 Å². The Balaban J connectivity index is 0.00000192. The van der Waals surface area contributed by atoms with Gasteiger partial charge in [0.2, 0.25) is 10.0 Å². The van der Waals surface area contributed by atoms with Gasteiger partial charge in [-0.15, -0.1) is 12.4 Å². The van der Waals surface area contributed by atoms with E-state index in [4.69, 9.17) is 5.73 Å². The van der Waals surface area contributed by atoms with Crippen LogP contribution in [0.25, 0.3) is 0 Å². The van der Waals surface area contributed by atoms with Crippen molar-refractivity contribution in [3.63, 3.8) is 0 Å². The van der Waals surface area contributed by atoms with Crippen LogP contribution in [0.15, 0.2) is 29.2 Å². The van der Waals surface area contributed by atoms with E-state index in [1.54, 1.807) is 0 Å². The Morgan fingerprint density at radius 2 is 1.91 bits per heavy atom. The highest BCUT2D eigenvalue weighted by Gasteiger charge is 2.48. The maximum Gasteiger partial charge on any atom is 0.269 e. The molecule has 2 N–H and O–H groups in total. The molecule has 0 bridgehead atoms. The smallest absolute Gasteiger partial charge is 0.269 e. The lowest BCUT2D eigenvalue weighted by molar-refractivity contribution is -0.384. The molecule has 9 heteroatoms. The fourth-order valence-corrected chi connectivity index (χ4v) is 5.16. The normalized spacial score (nSPS) is 28.0. The molecule has 2 atom stereocenters. The van der Waals surface area contributed by atoms with Gasteiger partial charge >= 0.3 is 0 Å². The van der Waals surface area contributed by atoms with Crippen molar-refractivity contribution in [1.29, 1.82) is 0 Å². The highest BCUT2D eigenvalue weighted by atomic mass is 35.5. The molecule has 2 unspecified atom stereocenters. The molecule has 128 valence electrons. The van der Waals surface area contributed by atoms with Crippen molar-refractivity contribution < 1.29 is 13.3 Å². The van der Waals surface area contributed by atoms with Crippen molar-refractivity contribution >= 4 is 28.1 Å². The van der Waals surface area contributed by atoms with Crippen LogP contribution in [0.2, 0.25) is 0 Å². The number of hydrogen-bond donors (Lipinski definition) is 1. The summed E-state index contributed by atoms with van der Waals surface area (Å²) >= 11 is 0. The largest absolute Gasteiger partial charge is 0.327 e. The van der Waals surface area contributed by atoms with E-state index >= 15 is 0 Å². The van der Waals surface area contributed by atoms with Crippen molar-refractivity contribution in [2.45, 2.75) is 36.6 Å². The summed E-state index contributed by atoms with van der Waals surface area (Å²) in [5.74, 6) is 0. The van der Waals surface area contributed by atoms with E-state index in [-0.39, 0.29) is 34.4 Å². The lowest BCUT2D eigenvalue weighted by atomic mass is 9.82. The average Bonchev–Trinajstić information content (AvgIpc) is 3.08. The van der Waals surface area contributed by atoms with Gasteiger partial charge in [0.25, 0.3) is 5.69 Å². The molecular formula is C14H20ClN3O4S. The van der Waals surface area contributed by atoms with E-state index in [2.05, 4.69) is 0 Å². The molecule has 0 radical (unpaired) electrons. The number of halogens is 1. The van der Waals surface area contributed by atoms with Gasteiger partial charge in [-0.25, -0.2) is 8.42 Å². The Kier molecular flexibility index (Phi) is 5.00. The average molecular weight is 362 g/mol. The van der Waals surface area contributed by atoms with Crippen LogP contribution in [0.5, 0.6) is 0 Å². The number of non-ortho nitro benzene ring substituents is 1. The maximum absolute atomic E-state index is 12.7. The molecule has 1 saturated carbocycles. The van der Waals surface area contributed by atoms with Gasteiger partial charge in [-0.05, 0) is 31.4 Å². The van der Waals surface area contributed by atoms with Crippen LogP contribution in [-0.2, 0) is 10.0 Å². The van der Waals surface area contributed by atoms with Gasteiger partial charge in [0.1, 0.15) is 0 Å². The Morgan fingerprint density at radius 3 is 2.43 bits per heavy atom. The van der Waals surface area contributed by atoms with E-state index in [9.17, 15) is 18.5 Å². The fraction of sp³-hybridized carbons (Fsp3) is 0.571. The molecule has 1 spiro atoms. The number of hydrogen-bond acceptors (Lipinski definition) is 5. The molecule has 1 aromatic carbocycles. The van der Waals surface area contributed by atoms with Crippen molar-refractivity contribution in [3.8, 4) is 0 Å². The minimum Gasteiger partial charge on any atom is -0.327 e. The molecule has 1 heterocycles. The predicted molar refractivity (Wildman–Crippen MR) is 88.0 cm³/mol. The molecule has 2 fully saturated rings. The highest BCUT2D eigenvalue weighted by molar-refractivity contribution is 7.89. The van der Waals surface area contributed by atoms with E-state index in [0.717, 1.165) is 25.7 Å². The summed E-state index contributed by atoms with van der Waals surface area (Å²) in [6.45, 7) is 0.917. The zero-order valence-electron chi connectivity index (χ0n) is 12.6. The standard InChI is InChI=1S/C14H19N3O4S.ClH/c15-13-2-1-7-14(13)8-9-16(10-14)22(20,21)12-5-3-11(4-6-12)17(18)19;/h3-6,13H,1-2,7-10,15H2;1H. The van der Waals surface area contributed by atoms with Gasteiger partial charge < -0.3 is 5.73 Å². The second-order valence-electron chi connectivity index (χ2n) is 6.20. The lowest BCUT2D eigenvalue weighted by Gasteiger charge is -2.28. The predicted octanol–water partition coefficient (Wildman–Crippen LogP) is 1.91. The zero-order chi connectivity index (χ0) is 16.0. The lowest BCUT2D eigenvalue weighted by Crippen LogP contribution is -2.40. The molecule has 0 amide bonds. The minimum absolute atomic E-state index is 0. The molecule has 2 aliphatic rings. The summed E-state index contributed by atoms with van der Waals surface area (Å²) in [7, 11) is -3.61. The summed E-state index contributed by atoms with van der Waals surface area (Å²) < 4.78 is 26.8. The summed E-state index contributed by atoms with van der Waals surface area (Å²) in [5, 5.41) is 10.7. The van der Waals surface area contributed by atoms with Crippen LogP contribution in [0, 0.1) is 15.5 Å². The SMILES string of the molecule is Cl.NC1CCCC12CCN(S(=O)(=O)c1ccc([N+](=O)[O-])cc1)C2. The third kappa shape index (κ3) is 3.08. The summed E-state index contributed by atoms with van der Waals surface area (Å²) in [5.41, 5.74) is 5.97. The summed E-state index contributed by atoms with van der Waals surface area (Å²) in [6.07, 6.45) is 3.76. The van der Waals surface area contributed by atoms with Crippen LogP contribution in [-0.4, -0.2) is 36.8 Å². The quantitative estimate of drug-likeness (QED) is 0.653. The monoisotopic (exact) mass is 361 g/mol. The van der Waals surface area contributed by atoms with E-state index in [1.807, 2.05) is 0 Å². The fourth-order valence-electron chi connectivity index (χ4n) is 3.62. The van der Waals surface area contributed by atoms with Crippen LogP contribution in [0.4, 0.5) is 5.69 Å². The first-order chi connectivity index (χ1) is 10.3. The zero-order valence-corrected chi connectivity index (χ0v) is 14.2. The van der Waals surface area contributed by atoms with Gasteiger partial charge in [-0.1, -0.05) is 6.42 Å². The third-order valence-corrected chi connectivity index (χ3v) is 6.87. The van der Waals surface area contributed by atoms with Gasteiger partial charge in [-0.2, -0.15) is 4.31 Å². The number of nitrogens with zero attached hydrogens (tertiary/aromatic N) is 2. The third-order valence-electron chi connectivity index (χ3n) is 5.01. The maximum atomic E-state index is 12.7. The Labute approximate surface area is 141 Å². The molecule has 23 heavy (non-hydrogen) atoms. The number of nitrogens with two attached hydrogens (primary N) is 1. The van der Waals surface area contributed by atoms with Gasteiger partial charge in [0.05, 0.1) is 9.82 Å². The van der Waals surface area contributed by atoms with E-state index < -0.39 is 14.9 Å². The van der Waals surface area contributed by atoms with Crippen LogP contribution in [0.1, 0.15) is 25.7 Å². The van der Waals surface area contributed by atoms with Crippen LogP contribution in [0.3, 0.4) is 0 Å². The first-order valence-electron chi connectivity index (χ1n) is 7.35. The van der Waals surface area contributed by atoms with Crippen LogP contribution >= 0.6 is 12.4 Å². The number of nitro groups is 1. The highest BCUT2D eigenvalue weighted by Crippen LogP contribution is 2.45. The molecule has 1 aliphatic heterocycles. The number of sulfonamides is 1. The first-order valence-corrected chi connectivity index (χ1v) is 8.79. The topological polar surface area (TPSA) is 107 Å². The number of benzene rings is 1. The summed E-state index contributed by atoms with van der Waals surface area (Å²) in [4.78, 5) is 10.2. The second-order valence-corrected chi connectivity index (χ2v) is 8.14. The Bertz CT molecular complexity index is 694. The second kappa shape index (κ2) is 6.35. The Morgan fingerprint density at radius 1 is 1.26 bits per heavy atom. The first kappa shape index (κ1) is 18.1. The number of nitro benzene ring substituents is 1. The van der Waals surface area contributed by atoms with Crippen LogP contribution < -0.4 is 5.73 Å². The van der Waals surface area contributed by atoms with Crippen molar-refractivity contribution in [2.75, 3.05) is 13.1 Å². The molecule has 7 nitrogen and oxygen atoms in total. The van der Waals surface area contributed by atoms with Crippen molar-refractivity contribution in [1.82, 2.24) is 4.31 Å². The number of rotatable bonds is 3. The Hall–Kier alpha value is -1.22. The molecular weight excluding hydrogens is 342 g/mol. The van der Waals surface area contributed by atoms with Crippen molar-refractivity contribution in [2.24, 2.45) is 11.1 Å². The molecule has 0 aromatic heterocycles. The van der Waals surface area contributed by atoms with E-state index in [0.29, 0.717) is 13.1 Å². The minimum atomic E-state index is -3.61. The van der Waals surface area contributed by atoms with Gasteiger partial charge in [-0.3, -0.25) is 10.1 Å².